The van der Waals surface area contributed by atoms with Crippen molar-refractivity contribution in [2.75, 3.05) is 16.8 Å². The zero-order valence-electron chi connectivity index (χ0n) is 12.8. The highest BCUT2D eigenvalue weighted by Gasteiger charge is 2.32. The topological polar surface area (TPSA) is 58.6 Å². The first-order valence-electron chi connectivity index (χ1n) is 7.27. The second-order valence-corrected chi connectivity index (χ2v) is 6.23. The molecule has 0 saturated carbocycles. The number of hydrogen-bond acceptors (Lipinski definition) is 3. The van der Waals surface area contributed by atoms with Crippen LogP contribution in [0.1, 0.15) is 6.92 Å². The Hall–Kier alpha value is -2.24. The van der Waals surface area contributed by atoms with Crippen molar-refractivity contribution in [3.05, 3.63) is 52.5 Å². The number of fused-ring (bicyclic) bond motifs is 1. The molecule has 1 unspecified atom stereocenters. The lowest BCUT2D eigenvalue weighted by molar-refractivity contribution is -0.127. The molecule has 0 aromatic heterocycles. The summed E-state index contributed by atoms with van der Waals surface area (Å²) in [6.07, 6.45) is -0.669. The van der Waals surface area contributed by atoms with Crippen LogP contribution in [0.15, 0.2) is 42.5 Å². The molecule has 0 saturated heterocycles. The first-order valence-corrected chi connectivity index (χ1v) is 8.02. The van der Waals surface area contributed by atoms with E-state index in [1.165, 1.54) is 4.90 Å². The predicted octanol–water partition coefficient (Wildman–Crippen LogP) is 3.75. The number of carbonyl (C=O) groups excluding carboxylic acids is 2. The number of nitrogens with zero attached hydrogens (tertiary/aromatic N) is 1. The van der Waals surface area contributed by atoms with Crippen LogP contribution in [-0.2, 0) is 9.59 Å². The second-order valence-electron chi connectivity index (χ2n) is 5.36. The molecule has 0 bridgehead atoms. The van der Waals surface area contributed by atoms with Crippen LogP contribution >= 0.6 is 23.2 Å². The maximum absolute atomic E-state index is 12.4. The number of amides is 2. The van der Waals surface area contributed by atoms with E-state index in [4.69, 9.17) is 27.9 Å². The second kappa shape index (κ2) is 6.71. The molecule has 0 radical (unpaired) electrons. The summed E-state index contributed by atoms with van der Waals surface area (Å²) >= 11 is 11.9. The van der Waals surface area contributed by atoms with E-state index >= 15 is 0 Å². The minimum absolute atomic E-state index is 0.146. The molecular formula is C17H14Cl2N2O3. The molecule has 7 heteroatoms. The highest BCUT2D eigenvalue weighted by molar-refractivity contribution is 6.31. The van der Waals surface area contributed by atoms with Crippen molar-refractivity contribution in [2.45, 2.75) is 13.0 Å². The Bertz CT molecular complexity index is 810. The molecule has 1 aliphatic rings. The van der Waals surface area contributed by atoms with E-state index in [2.05, 4.69) is 5.32 Å². The Morgan fingerprint density at radius 3 is 2.71 bits per heavy atom. The Kier molecular flexibility index (Phi) is 4.64. The Morgan fingerprint density at radius 2 is 1.96 bits per heavy atom. The van der Waals surface area contributed by atoms with Crippen molar-refractivity contribution in [3.63, 3.8) is 0 Å². The maximum Gasteiger partial charge on any atom is 0.268 e. The summed E-state index contributed by atoms with van der Waals surface area (Å²) in [6, 6.07) is 11.8. The van der Waals surface area contributed by atoms with E-state index < -0.39 is 6.10 Å². The van der Waals surface area contributed by atoms with E-state index in [0.717, 1.165) is 0 Å². The molecular weight excluding hydrogens is 351 g/mol. The summed E-state index contributed by atoms with van der Waals surface area (Å²) in [6.45, 7) is 1.49. The fourth-order valence-electron chi connectivity index (χ4n) is 2.45. The molecule has 0 fully saturated rings. The van der Waals surface area contributed by atoms with Gasteiger partial charge in [-0.3, -0.25) is 14.5 Å². The van der Waals surface area contributed by atoms with Crippen LogP contribution in [0.25, 0.3) is 0 Å². The lowest BCUT2D eigenvalue weighted by Gasteiger charge is -2.32. The Balaban J connectivity index is 1.82. The molecule has 2 amide bonds. The zero-order chi connectivity index (χ0) is 17.3. The molecule has 0 aliphatic carbocycles. The van der Waals surface area contributed by atoms with Gasteiger partial charge in [0.15, 0.2) is 6.10 Å². The number of rotatable bonds is 3. The van der Waals surface area contributed by atoms with Gasteiger partial charge in [-0.1, -0.05) is 29.3 Å². The lowest BCUT2D eigenvalue weighted by Crippen LogP contribution is -2.47. The van der Waals surface area contributed by atoms with Crippen LogP contribution in [0.5, 0.6) is 5.75 Å². The zero-order valence-corrected chi connectivity index (χ0v) is 14.3. The Labute approximate surface area is 149 Å². The minimum atomic E-state index is -0.669. The van der Waals surface area contributed by atoms with E-state index in [-0.39, 0.29) is 18.4 Å². The molecule has 5 nitrogen and oxygen atoms in total. The number of ether oxygens (including phenoxy) is 1. The number of carbonyl (C=O) groups is 2. The molecule has 1 N–H and O–H groups in total. The third-order valence-corrected chi connectivity index (χ3v) is 4.01. The standard InChI is InChI=1S/C17H14Cl2N2O3/c1-10-17(23)21(14-8-12(19)5-6-15(14)24-10)9-16(22)20-13-4-2-3-11(18)7-13/h2-8,10H,9H2,1H3,(H,20,22). The molecule has 1 heterocycles. The van der Waals surface area contributed by atoms with Gasteiger partial charge < -0.3 is 10.1 Å². The van der Waals surface area contributed by atoms with Crippen molar-refractivity contribution in [2.24, 2.45) is 0 Å². The highest BCUT2D eigenvalue weighted by atomic mass is 35.5. The lowest BCUT2D eigenvalue weighted by atomic mass is 10.2. The number of hydrogen-bond donors (Lipinski definition) is 1. The maximum atomic E-state index is 12.4. The summed E-state index contributed by atoms with van der Waals surface area (Å²) in [7, 11) is 0. The van der Waals surface area contributed by atoms with Gasteiger partial charge >= 0.3 is 0 Å². The van der Waals surface area contributed by atoms with Gasteiger partial charge in [0.25, 0.3) is 5.91 Å². The van der Waals surface area contributed by atoms with Gasteiger partial charge in [-0.25, -0.2) is 0 Å². The van der Waals surface area contributed by atoms with Crippen molar-refractivity contribution in [3.8, 4) is 5.75 Å². The van der Waals surface area contributed by atoms with E-state index in [0.29, 0.717) is 27.2 Å². The van der Waals surface area contributed by atoms with Gasteiger partial charge in [0, 0.05) is 15.7 Å². The van der Waals surface area contributed by atoms with Crippen LogP contribution in [0.4, 0.5) is 11.4 Å². The number of halogens is 2. The van der Waals surface area contributed by atoms with E-state index in [9.17, 15) is 9.59 Å². The van der Waals surface area contributed by atoms with Crippen molar-refractivity contribution >= 4 is 46.4 Å². The summed E-state index contributed by atoms with van der Waals surface area (Å²) < 4.78 is 5.55. The van der Waals surface area contributed by atoms with Gasteiger partial charge in [-0.15, -0.1) is 0 Å². The molecule has 2 aromatic carbocycles. The third-order valence-electron chi connectivity index (χ3n) is 3.54. The quantitative estimate of drug-likeness (QED) is 0.902. The largest absolute Gasteiger partial charge is 0.479 e. The molecule has 3 rings (SSSR count). The Morgan fingerprint density at radius 1 is 1.21 bits per heavy atom. The summed E-state index contributed by atoms with van der Waals surface area (Å²) in [4.78, 5) is 26.1. The number of nitrogens with one attached hydrogen (secondary N) is 1. The molecule has 24 heavy (non-hydrogen) atoms. The van der Waals surface area contributed by atoms with Gasteiger partial charge in [0.05, 0.1) is 5.69 Å². The normalized spacial score (nSPS) is 16.4. The smallest absolute Gasteiger partial charge is 0.268 e. The monoisotopic (exact) mass is 364 g/mol. The molecule has 124 valence electrons. The molecule has 2 aromatic rings. The van der Waals surface area contributed by atoms with Crippen LogP contribution < -0.4 is 15.0 Å². The van der Waals surface area contributed by atoms with Crippen molar-refractivity contribution in [1.82, 2.24) is 0 Å². The summed E-state index contributed by atoms with van der Waals surface area (Å²) in [5.41, 5.74) is 1.04. The highest BCUT2D eigenvalue weighted by Crippen LogP contribution is 2.36. The number of benzene rings is 2. The first-order chi connectivity index (χ1) is 11.4. The number of anilines is 2. The van der Waals surface area contributed by atoms with Crippen LogP contribution in [-0.4, -0.2) is 24.5 Å². The average molecular weight is 365 g/mol. The van der Waals surface area contributed by atoms with Crippen molar-refractivity contribution < 1.29 is 14.3 Å². The first kappa shape index (κ1) is 16.6. The van der Waals surface area contributed by atoms with Gasteiger partial charge in [-0.05, 0) is 43.3 Å². The van der Waals surface area contributed by atoms with Crippen LogP contribution in [0.3, 0.4) is 0 Å². The summed E-state index contributed by atoms with van der Waals surface area (Å²) in [5.74, 6) is -0.126. The fourth-order valence-corrected chi connectivity index (χ4v) is 2.81. The van der Waals surface area contributed by atoms with Crippen molar-refractivity contribution in [1.29, 1.82) is 0 Å². The summed E-state index contributed by atoms with van der Waals surface area (Å²) in [5, 5.41) is 3.69. The SMILES string of the molecule is CC1Oc2ccc(Cl)cc2N(CC(=O)Nc2cccc(Cl)c2)C1=O. The minimum Gasteiger partial charge on any atom is -0.479 e. The molecule has 1 atom stereocenters. The van der Waals surface area contributed by atoms with Crippen LogP contribution in [0, 0.1) is 0 Å². The van der Waals surface area contributed by atoms with Gasteiger partial charge in [-0.2, -0.15) is 0 Å². The third kappa shape index (κ3) is 3.47. The molecule has 0 spiro atoms. The average Bonchev–Trinajstić information content (AvgIpc) is 2.52. The van der Waals surface area contributed by atoms with E-state index in [1.807, 2.05) is 0 Å². The predicted molar refractivity (Wildman–Crippen MR) is 94.0 cm³/mol. The molecule has 1 aliphatic heterocycles. The van der Waals surface area contributed by atoms with Crippen LogP contribution in [0.2, 0.25) is 10.0 Å². The van der Waals surface area contributed by atoms with E-state index in [1.54, 1.807) is 49.4 Å². The van der Waals surface area contributed by atoms with Gasteiger partial charge in [0.1, 0.15) is 12.3 Å². The fraction of sp³-hybridized carbons (Fsp3) is 0.176. The van der Waals surface area contributed by atoms with Gasteiger partial charge in [0.2, 0.25) is 5.91 Å².